The molecule has 2 nitrogen and oxygen atoms in total. The van der Waals surface area contributed by atoms with Crippen molar-refractivity contribution in [3.8, 4) is 11.1 Å². The number of aromatic nitrogens is 2. The molecule has 0 aliphatic heterocycles. The molecule has 192 valence electrons. The normalized spacial score (nSPS) is 14.3. The highest BCUT2D eigenvalue weighted by atomic mass is 15.0. The minimum Gasteiger partial charge on any atom is -0.307 e. The van der Waals surface area contributed by atoms with E-state index in [9.17, 15) is 0 Å². The van der Waals surface area contributed by atoms with Crippen LogP contribution in [0, 0.1) is 0 Å². The average Bonchev–Trinajstić information content (AvgIpc) is 3.60. The Hall–Kier alpha value is -5.08. The lowest BCUT2D eigenvalue weighted by Crippen LogP contribution is -2.15. The molecular formula is C39H26N2. The Morgan fingerprint density at radius 2 is 0.976 bits per heavy atom. The number of hydrogen-bond acceptors (Lipinski definition) is 0. The van der Waals surface area contributed by atoms with Crippen LogP contribution in [0.1, 0.15) is 25.0 Å². The van der Waals surface area contributed by atoms with Gasteiger partial charge in [0.2, 0.25) is 0 Å². The summed E-state index contributed by atoms with van der Waals surface area (Å²) < 4.78 is 5.08. The first-order chi connectivity index (χ1) is 20.1. The highest BCUT2D eigenvalue weighted by Crippen LogP contribution is 2.53. The van der Waals surface area contributed by atoms with E-state index >= 15 is 0 Å². The second kappa shape index (κ2) is 7.16. The van der Waals surface area contributed by atoms with Gasteiger partial charge < -0.3 is 8.80 Å². The number of fused-ring (bicyclic) bond motifs is 14. The first-order valence-electron chi connectivity index (χ1n) is 14.5. The number of rotatable bonds is 0. The number of nitrogens with zero attached hydrogens (tertiary/aromatic N) is 2. The van der Waals surface area contributed by atoms with Crippen LogP contribution in [0.15, 0.2) is 121 Å². The maximum Gasteiger partial charge on any atom is 0.0782 e. The van der Waals surface area contributed by atoms with Crippen LogP contribution in [0.3, 0.4) is 0 Å². The summed E-state index contributed by atoms with van der Waals surface area (Å²) in [7, 11) is 0. The Morgan fingerprint density at radius 3 is 1.76 bits per heavy atom. The lowest BCUT2D eigenvalue weighted by Gasteiger charge is -2.24. The van der Waals surface area contributed by atoms with Gasteiger partial charge in [0.15, 0.2) is 0 Å². The summed E-state index contributed by atoms with van der Waals surface area (Å²) in [6.07, 6.45) is 0. The summed E-state index contributed by atoms with van der Waals surface area (Å²) >= 11 is 0. The van der Waals surface area contributed by atoms with Gasteiger partial charge in [-0.05, 0) is 46.5 Å². The molecule has 1 aliphatic carbocycles. The van der Waals surface area contributed by atoms with Gasteiger partial charge in [0.25, 0.3) is 0 Å². The predicted octanol–water partition coefficient (Wildman–Crippen LogP) is 10.3. The molecule has 0 saturated carbocycles. The van der Waals surface area contributed by atoms with E-state index < -0.39 is 0 Å². The van der Waals surface area contributed by atoms with E-state index in [0.717, 1.165) is 0 Å². The van der Waals surface area contributed by atoms with Crippen molar-refractivity contribution in [3.63, 3.8) is 0 Å². The van der Waals surface area contributed by atoms with Crippen LogP contribution in [-0.2, 0) is 5.41 Å². The van der Waals surface area contributed by atoms with Crippen LogP contribution in [0.25, 0.3) is 76.5 Å². The Labute approximate surface area is 236 Å². The van der Waals surface area contributed by atoms with Crippen molar-refractivity contribution in [3.05, 3.63) is 132 Å². The monoisotopic (exact) mass is 522 g/mol. The molecule has 0 saturated heterocycles. The first kappa shape index (κ1) is 21.7. The van der Waals surface area contributed by atoms with E-state index in [0.29, 0.717) is 0 Å². The molecule has 0 fully saturated rings. The highest BCUT2D eigenvalue weighted by Gasteiger charge is 2.37. The van der Waals surface area contributed by atoms with Crippen LogP contribution in [-0.4, -0.2) is 8.80 Å². The zero-order valence-corrected chi connectivity index (χ0v) is 22.9. The molecule has 0 bridgehead atoms. The Kier molecular flexibility index (Phi) is 3.79. The molecule has 6 aromatic carbocycles. The van der Waals surface area contributed by atoms with Gasteiger partial charge in [-0.25, -0.2) is 0 Å². The van der Waals surface area contributed by atoms with Gasteiger partial charge in [-0.2, -0.15) is 0 Å². The summed E-state index contributed by atoms with van der Waals surface area (Å²) in [6.45, 7) is 4.81. The standard InChI is InChI=1S/C39H26N2/c1-39(2)30-17-6-3-11-23(30)26-21-22-33-35(36(26)39)29-16-9-14-27-24-12-4-8-19-32(24)41(37(27)29)34-20-10-15-28-25-13-5-7-18-31(25)40(33)38(28)34/h3-22H,1-2H3. The van der Waals surface area contributed by atoms with Crippen LogP contribution in [0.5, 0.6) is 0 Å². The number of benzene rings is 6. The molecule has 0 amide bonds. The minimum absolute atomic E-state index is 0.142. The Balaban J connectivity index is 1.66. The topological polar surface area (TPSA) is 8.82 Å². The first-order valence-corrected chi connectivity index (χ1v) is 14.5. The largest absolute Gasteiger partial charge is 0.307 e. The van der Waals surface area contributed by atoms with Crippen LogP contribution < -0.4 is 0 Å². The summed E-state index contributed by atoms with van der Waals surface area (Å²) in [6, 6.07) is 45.3. The van der Waals surface area contributed by atoms with Gasteiger partial charge in [-0.3, -0.25) is 0 Å². The van der Waals surface area contributed by atoms with Crippen LogP contribution in [0.2, 0.25) is 0 Å². The third-order valence-electron chi connectivity index (χ3n) is 9.82. The second-order valence-corrected chi connectivity index (χ2v) is 12.1. The summed E-state index contributed by atoms with van der Waals surface area (Å²) in [4.78, 5) is 0. The fourth-order valence-electron chi connectivity index (χ4n) is 8.22. The summed E-state index contributed by atoms with van der Waals surface area (Å²) in [5.41, 5.74) is 12.9. The van der Waals surface area contributed by atoms with Crippen molar-refractivity contribution in [1.82, 2.24) is 8.80 Å². The lowest BCUT2D eigenvalue weighted by atomic mass is 9.80. The lowest BCUT2D eigenvalue weighted by molar-refractivity contribution is 0.666. The van der Waals surface area contributed by atoms with Crippen molar-refractivity contribution in [2.24, 2.45) is 0 Å². The summed E-state index contributed by atoms with van der Waals surface area (Å²) in [5.74, 6) is 0. The molecule has 0 atom stereocenters. The van der Waals surface area contributed by atoms with Crippen molar-refractivity contribution >= 4 is 65.4 Å². The van der Waals surface area contributed by atoms with E-state index in [4.69, 9.17) is 0 Å². The Morgan fingerprint density at radius 1 is 0.415 bits per heavy atom. The van der Waals surface area contributed by atoms with Crippen molar-refractivity contribution in [2.75, 3.05) is 0 Å². The molecule has 0 spiro atoms. The number of para-hydroxylation sites is 4. The van der Waals surface area contributed by atoms with E-state index in [1.54, 1.807) is 0 Å². The molecule has 10 rings (SSSR count). The van der Waals surface area contributed by atoms with Crippen molar-refractivity contribution < 1.29 is 0 Å². The van der Waals surface area contributed by atoms with Gasteiger partial charge in [-0.15, -0.1) is 0 Å². The molecule has 0 unspecified atom stereocenters. The molecule has 9 aromatic rings. The van der Waals surface area contributed by atoms with Gasteiger partial charge >= 0.3 is 0 Å². The molecule has 1 aliphatic rings. The van der Waals surface area contributed by atoms with Crippen molar-refractivity contribution in [1.29, 1.82) is 0 Å². The van der Waals surface area contributed by atoms with E-state index in [-0.39, 0.29) is 5.41 Å². The zero-order valence-electron chi connectivity index (χ0n) is 22.9. The fourth-order valence-corrected chi connectivity index (χ4v) is 8.22. The maximum absolute atomic E-state index is 2.55. The van der Waals surface area contributed by atoms with Gasteiger partial charge in [0.1, 0.15) is 0 Å². The van der Waals surface area contributed by atoms with E-state index in [2.05, 4.69) is 144 Å². The maximum atomic E-state index is 2.55. The fraction of sp³-hybridized carbons (Fsp3) is 0.0769. The molecule has 0 radical (unpaired) electrons. The predicted molar refractivity (Wildman–Crippen MR) is 173 cm³/mol. The van der Waals surface area contributed by atoms with Gasteiger partial charge in [0, 0.05) is 37.7 Å². The average molecular weight is 523 g/mol. The van der Waals surface area contributed by atoms with E-state index in [1.165, 1.54) is 87.7 Å². The smallest absolute Gasteiger partial charge is 0.0782 e. The van der Waals surface area contributed by atoms with Crippen LogP contribution in [0.4, 0.5) is 0 Å². The second-order valence-electron chi connectivity index (χ2n) is 12.1. The minimum atomic E-state index is -0.142. The number of hydrogen-bond donors (Lipinski definition) is 0. The Bertz CT molecular complexity index is 2610. The zero-order chi connectivity index (χ0) is 27.0. The molecule has 3 heterocycles. The molecule has 41 heavy (non-hydrogen) atoms. The SMILES string of the molecule is CC1(C)c2ccccc2-c2ccc3c(c21)c1cccc2c4ccccc4n(c4cccc5c6ccccc6n3c54)c21. The van der Waals surface area contributed by atoms with E-state index in [1.807, 2.05) is 0 Å². The van der Waals surface area contributed by atoms with Gasteiger partial charge in [-0.1, -0.05) is 111 Å². The van der Waals surface area contributed by atoms with Gasteiger partial charge in [0.05, 0.1) is 33.1 Å². The van der Waals surface area contributed by atoms with Crippen LogP contribution >= 0.6 is 0 Å². The third-order valence-corrected chi connectivity index (χ3v) is 9.82. The quantitative estimate of drug-likeness (QED) is 0.187. The molecule has 0 N–H and O–H groups in total. The molecular weight excluding hydrogens is 496 g/mol. The molecule has 2 heteroatoms. The molecule has 3 aromatic heterocycles. The third kappa shape index (κ3) is 2.43. The highest BCUT2D eigenvalue weighted by molar-refractivity contribution is 6.24. The summed E-state index contributed by atoms with van der Waals surface area (Å²) in [5, 5.41) is 7.82. The van der Waals surface area contributed by atoms with Crippen molar-refractivity contribution in [2.45, 2.75) is 19.3 Å².